The van der Waals surface area contributed by atoms with E-state index in [0.29, 0.717) is 6.42 Å². The van der Waals surface area contributed by atoms with Gasteiger partial charge >= 0.3 is 0 Å². The average Bonchev–Trinajstić information content (AvgIpc) is 2.17. The Labute approximate surface area is 93.6 Å². The molecule has 2 N–H and O–H groups in total. The van der Waals surface area contributed by atoms with Crippen LogP contribution in [0.25, 0.3) is 0 Å². The number of halogens is 1. The Morgan fingerprint density at radius 1 is 1.69 bits per heavy atom. The Morgan fingerprint density at radius 2 is 2.38 bits per heavy atom. The second-order valence-corrected chi connectivity index (χ2v) is 3.53. The second kappa shape index (κ2) is 5.30. The van der Waals surface area contributed by atoms with Crippen LogP contribution < -0.4 is 5.32 Å². The largest absolute Gasteiger partial charge is 0.507 e. The monoisotopic (exact) mass is 223 g/mol. The minimum absolute atomic E-state index is 0.149. The standard InChI is InChI=1S/C12H14FNO2/c1-3-5-8(2)14-12(16)11-9(13)6-4-7-10(11)15/h3-4,6-8,15H,1,5H2,2H3,(H,14,16). The van der Waals surface area contributed by atoms with Crippen LogP contribution in [-0.4, -0.2) is 17.1 Å². The van der Waals surface area contributed by atoms with E-state index in [1.165, 1.54) is 12.1 Å². The van der Waals surface area contributed by atoms with Crippen LogP contribution >= 0.6 is 0 Å². The van der Waals surface area contributed by atoms with Gasteiger partial charge in [0.05, 0.1) is 0 Å². The quantitative estimate of drug-likeness (QED) is 0.769. The van der Waals surface area contributed by atoms with Gasteiger partial charge in [-0.05, 0) is 25.5 Å². The van der Waals surface area contributed by atoms with E-state index in [1.807, 2.05) is 0 Å². The van der Waals surface area contributed by atoms with Crippen LogP contribution in [0.4, 0.5) is 4.39 Å². The van der Waals surface area contributed by atoms with Gasteiger partial charge in [0.15, 0.2) is 0 Å². The summed E-state index contributed by atoms with van der Waals surface area (Å²) in [5, 5.41) is 12.0. The molecule has 1 aromatic carbocycles. The number of nitrogens with one attached hydrogen (secondary N) is 1. The summed E-state index contributed by atoms with van der Waals surface area (Å²) in [7, 11) is 0. The first-order valence-corrected chi connectivity index (χ1v) is 4.95. The normalized spacial score (nSPS) is 11.9. The number of hydrogen-bond donors (Lipinski definition) is 2. The predicted octanol–water partition coefficient (Wildman–Crippen LogP) is 2.23. The third-order valence-electron chi connectivity index (χ3n) is 2.12. The minimum Gasteiger partial charge on any atom is -0.507 e. The first-order chi connectivity index (χ1) is 7.56. The van der Waals surface area contributed by atoms with Gasteiger partial charge in [-0.1, -0.05) is 12.1 Å². The molecule has 3 nitrogen and oxygen atoms in total. The molecule has 1 unspecified atom stereocenters. The highest BCUT2D eigenvalue weighted by Gasteiger charge is 2.17. The van der Waals surface area contributed by atoms with E-state index in [-0.39, 0.29) is 17.4 Å². The maximum Gasteiger partial charge on any atom is 0.258 e. The topological polar surface area (TPSA) is 49.3 Å². The highest BCUT2D eigenvalue weighted by Crippen LogP contribution is 2.19. The number of carbonyl (C=O) groups excluding carboxylic acids is 1. The summed E-state index contributed by atoms with van der Waals surface area (Å²) in [6.07, 6.45) is 2.24. The Morgan fingerprint density at radius 3 is 2.94 bits per heavy atom. The summed E-state index contributed by atoms with van der Waals surface area (Å²) in [4.78, 5) is 11.6. The molecule has 0 aliphatic carbocycles. The predicted molar refractivity (Wildman–Crippen MR) is 59.8 cm³/mol. The van der Waals surface area contributed by atoms with Crippen molar-refractivity contribution in [3.63, 3.8) is 0 Å². The zero-order valence-corrected chi connectivity index (χ0v) is 9.03. The Bertz CT molecular complexity index is 384. The van der Waals surface area contributed by atoms with Gasteiger partial charge in [0, 0.05) is 6.04 Å². The van der Waals surface area contributed by atoms with Crippen molar-refractivity contribution < 1.29 is 14.3 Å². The Hall–Kier alpha value is -1.84. The van der Waals surface area contributed by atoms with E-state index < -0.39 is 11.7 Å². The molecule has 0 radical (unpaired) electrons. The van der Waals surface area contributed by atoms with Crippen molar-refractivity contribution >= 4 is 5.91 Å². The zero-order chi connectivity index (χ0) is 12.1. The van der Waals surface area contributed by atoms with Gasteiger partial charge in [-0.25, -0.2) is 4.39 Å². The van der Waals surface area contributed by atoms with Gasteiger partial charge in [-0.2, -0.15) is 0 Å². The lowest BCUT2D eigenvalue weighted by Gasteiger charge is -2.12. The fourth-order valence-electron chi connectivity index (χ4n) is 1.34. The molecule has 0 heterocycles. The highest BCUT2D eigenvalue weighted by molar-refractivity contribution is 5.97. The van der Waals surface area contributed by atoms with Crippen LogP contribution in [-0.2, 0) is 0 Å². The smallest absolute Gasteiger partial charge is 0.258 e. The molecule has 4 heteroatoms. The van der Waals surface area contributed by atoms with Crippen LogP contribution in [0.3, 0.4) is 0 Å². The summed E-state index contributed by atoms with van der Waals surface area (Å²) < 4.78 is 13.3. The molecule has 0 aliphatic rings. The van der Waals surface area contributed by atoms with Crippen LogP contribution in [0.2, 0.25) is 0 Å². The average molecular weight is 223 g/mol. The lowest BCUT2D eigenvalue weighted by atomic mass is 10.1. The molecule has 0 bridgehead atoms. The van der Waals surface area contributed by atoms with Crippen molar-refractivity contribution in [2.45, 2.75) is 19.4 Å². The highest BCUT2D eigenvalue weighted by atomic mass is 19.1. The van der Waals surface area contributed by atoms with Gasteiger partial charge in [0.25, 0.3) is 5.91 Å². The lowest BCUT2D eigenvalue weighted by molar-refractivity contribution is 0.0933. The first kappa shape index (κ1) is 12.2. The van der Waals surface area contributed by atoms with E-state index in [2.05, 4.69) is 11.9 Å². The van der Waals surface area contributed by atoms with Crippen LogP contribution in [0.1, 0.15) is 23.7 Å². The summed E-state index contributed by atoms with van der Waals surface area (Å²) in [5.41, 5.74) is -0.321. The summed E-state index contributed by atoms with van der Waals surface area (Å²) in [5.74, 6) is -1.71. The third kappa shape index (κ3) is 2.82. The summed E-state index contributed by atoms with van der Waals surface area (Å²) in [6.45, 7) is 5.32. The van der Waals surface area contributed by atoms with E-state index in [4.69, 9.17) is 0 Å². The maximum atomic E-state index is 13.3. The van der Waals surface area contributed by atoms with Crippen molar-refractivity contribution in [1.82, 2.24) is 5.32 Å². The molecular weight excluding hydrogens is 209 g/mol. The van der Waals surface area contributed by atoms with E-state index >= 15 is 0 Å². The number of hydrogen-bond acceptors (Lipinski definition) is 2. The van der Waals surface area contributed by atoms with Crippen molar-refractivity contribution in [3.8, 4) is 5.75 Å². The van der Waals surface area contributed by atoms with Crippen molar-refractivity contribution in [2.75, 3.05) is 0 Å². The summed E-state index contributed by atoms with van der Waals surface area (Å²) in [6, 6.07) is 3.60. The molecule has 0 spiro atoms. The molecule has 0 aliphatic heterocycles. The fourth-order valence-corrected chi connectivity index (χ4v) is 1.34. The Kier molecular flexibility index (Phi) is 4.05. The molecule has 0 saturated heterocycles. The second-order valence-electron chi connectivity index (χ2n) is 3.53. The van der Waals surface area contributed by atoms with E-state index in [1.54, 1.807) is 13.0 Å². The van der Waals surface area contributed by atoms with Crippen LogP contribution in [0.5, 0.6) is 5.75 Å². The molecule has 0 saturated carbocycles. The fraction of sp³-hybridized carbons (Fsp3) is 0.250. The Balaban J connectivity index is 2.84. The third-order valence-corrected chi connectivity index (χ3v) is 2.12. The van der Waals surface area contributed by atoms with E-state index in [0.717, 1.165) is 6.07 Å². The number of phenolic OH excluding ortho intramolecular Hbond substituents is 1. The molecule has 1 atom stereocenters. The molecule has 0 fully saturated rings. The van der Waals surface area contributed by atoms with E-state index in [9.17, 15) is 14.3 Å². The van der Waals surface area contributed by atoms with Gasteiger partial charge in [-0.15, -0.1) is 6.58 Å². The molecule has 86 valence electrons. The number of rotatable bonds is 4. The van der Waals surface area contributed by atoms with Crippen LogP contribution in [0.15, 0.2) is 30.9 Å². The zero-order valence-electron chi connectivity index (χ0n) is 9.03. The van der Waals surface area contributed by atoms with Crippen molar-refractivity contribution in [1.29, 1.82) is 0 Å². The number of aromatic hydroxyl groups is 1. The number of phenols is 1. The van der Waals surface area contributed by atoms with Gasteiger partial charge in [0.1, 0.15) is 17.1 Å². The first-order valence-electron chi connectivity index (χ1n) is 4.95. The summed E-state index contributed by atoms with van der Waals surface area (Å²) >= 11 is 0. The maximum absolute atomic E-state index is 13.3. The molecule has 1 aromatic rings. The number of amides is 1. The SMILES string of the molecule is C=CCC(C)NC(=O)c1c(O)cccc1F. The molecule has 0 aromatic heterocycles. The van der Waals surface area contributed by atoms with Gasteiger partial charge in [-0.3, -0.25) is 4.79 Å². The lowest BCUT2D eigenvalue weighted by Crippen LogP contribution is -2.32. The molecular formula is C12H14FNO2. The number of carbonyl (C=O) groups is 1. The van der Waals surface area contributed by atoms with Crippen molar-refractivity contribution in [3.05, 3.63) is 42.2 Å². The molecule has 1 rings (SSSR count). The number of benzene rings is 1. The van der Waals surface area contributed by atoms with Gasteiger partial charge in [0.2, 0.25) is 0 Å². The van der Waals surface area contributed by atoms with Gasteiger partial charge < -0.3 is 10.4 Å². The van der Waals surface area contributed by atoms with Crippen LogP contribution in [0, 0.1) is 5.82 Å². The van der Waals surface area contributed by atoms with Crippen molar-refractivity contribution in [2.24, 2.45) is 0 Å². The minimum atomic E-state index is -0.733. The molecule has 1 amide bonds. The molecule has 16 heavy (non-hydrogen) atoms.